The van der Waals surface area contributed by atoms with Gasteiger partial charge in [0, 0.05) is 26.0 Å². The van der Waals surface area contributed by atoms with Gasteiger partial charge in [-0.05, 0) is 36.1 Å². The van der Waals surface area contributed by atoms with E-state index in [1.54, 1.807) is 36.4 Å². The molecule has 2 unspecified atom stereocenters. The summed E-state index contributed by atoms with van der Waals surface area (Å²) in [5.41, 5.74) is 2.32. The van der Waals surface area contributed by atoms with E-state index in [1.165, 1.54) is 26.0 Å². The minimum absolute atomic E-state index is 0.0566. The van der Waals surface area contributed by atoms with Gasteiger partial charge in [-0.3, -0.25) is 25.6 Å². The maximum Gasteiger partial charge on any atom is 0.320 e. The van der Waals surface area contributed by atoms with Crippen LogP contribution in [0.4, 0.5) is 11.4 Å². The van der Waals surface area contributed by atoms with Crippen molar-refractivity contribution in [1.82, 2.24) is 0 Å². The van der Waals surface area contributed by atoms with Crippen molar-refractivity contribution in [3.8, 4) is 0 Å². The molecule has 0 radical (unpaired) electrons. The summed E-state index contributed by atoms with van der Waals surface area (Å²) in [6, 6.07) is 12.4. The molecule has 154 valence electrons. The Balaban J connectivity index is 1.96. The van der Waals surface area contributed by atoms with Crippen LogP contribution in [-0.4, -0.2) is 33.3 Å². The van der Waals surface area contributed by atoms with Crippen LogP contribution in [0.1, 0.15) is 25.0 Å². The minimum Gasteiger partial charge on any atom is -0.433 e. The molecule has 2 atom stereocenters. The lowest BCUT2D eigenvalue weighted by atomic mass is 9.75. The number of aliphatic hydroxyl groups excluding tert-OH is 1. The highest BCUT2D eigenvalue weighted by molar-refractivity contribution is 5.79. The van der Waals surface area contributed by atoms with Crippen molar-refractivity contribution in [1.29, 1.82) is 0 Å². The highest BCUT2D eigenvalue weighted by Gasteiger charge is 2.55. The Hall–Kier alpha value is -3.01. The first-order chi connectivity index (χ1) is 13.6. The van der Waals surface area contributed by atoms with Crippen LogP contribution in [0.25, 0.3) is 0 Å². The molecule has 2 aromatic carbocycles. The molecule has 2 aromatic rings. The fraction of sp³-hybridized carbons (Fsp3) is 0.350. The van der Waals surface area contributed by atoms with E-state index in [1.807, 2.05) is 5.48 Å². The third kappa shape index (κ3) is 4.37. The number of hydrogen-bond acceptors (Lipinski definition) is 8. The first kappa shape index (κ1) is 20.7. The van der Waals surface area contributed by atoms with Gasteiger partial charge in [0.1, 0.15) is 5.41 Å². The molecule has 1 aliphatic heterocycles. The summed E-state index contributed by atoms with van der Waals surface area (Å²) in [5.74, 6) is -1.90. The van der Waals surface area contributed by atoms with E-state index in [-0.39, 0.29) is 18.5 Å². The Morgan fingerprint density at radius 1 is 1.07 bits per heavy atom. The molecule has 1 heterocycles. The number of nitro benzene ring substituents is 1. The van der Waals surface area contributed by atoms with Crippen molar-refractivity contribution in [2.24, 2.45) is 5.41 Å². The Labute approximate surface area is 167 Å². The van der Waals surface area contributed by atoms with Gasteiger partial charge in [-0.25, -0.2) is 0 Å². The van der Waals surface area contributed by atoms with Crippen LogP contribution < -0.4 is 5.48 Å². The van der Waals surface area contributed by atoms with Crippen molar-refractivity contribution in [2.45, 2.75) is 38.8 Å². The van der Waals surface area contributed by atoms with Crippen molar-refractivity contribution in [3.63, 3.8) is 0 Å². The Kier molecular flexibility index (Phi) is 5.56. The molecule has 29 heavy (non-hydrogen) atoms. The summed E-state index contributed by atoms with van der Waals surface area (Å²) in [4.78, 5) is 23.4. The average molecular weight is 402 g/mol. The number of non-ortho nitro benzene ring substituents is 1. The molecule has 0 saturated carbocycles. The molecule has 0 amide bonds. The van der Waals surface area contributed by atoms with E-state index in [2.05, 4.69) is 0 Å². The number of esters is 1. The van der Waals surface area contributed by atoms with Crippen LogP contribution in [0.2, 0.25) is 0 Å². The molecule has 9 nitrogen and oxygen atoms in total. The van der Waals surface area contributed by atoms with Gasteiger partial charge < -0.3 is 14.6 Å². The van der Waals surface area contributed by atoms with Gasteiger partial charge in [-0.15, -0.1) is 0 Å². The van der Waals surface area contributed by atoms with E-state index < -0.39 is 28.4 Å². The first-order valence-electron chi connectivity index (χ1n) is 8.97. The number of carbonyl (C=O) groups excluding carboxylic acids is 1. The van der Waals surface area contributed by atoms with Crippen LogP contribution in [0.3, 0.4) is 0 Å². The second-order valence-electron chi connectivity index (χ2n) is 7.50. The number of ether oxygens (including phenoxy) is 2. The van der Waals surface area contributed by atoms with Gasteiger partial charge in [0.05, 0.1) is 10.6 Å². The van der Waals surface area contributed by atoms with Gasteiger partial charge >= 0.3 is 5.97 Å². The first-order valence-corrected chi connectivity index (χ1v) is 8.97. The number of cyclic esters (lactones) is 1. The third-order valence-corrected chi connectivity index (χ3v) is 4.88. The van der Waals surface area contributed by atoms with E-state index in [9.17, 15) is 20.0 Å². The Morgan fingerprint density at radius 2 is 1.59 bits per heavy atom. The molecular weight excluding hydrogens is 380 g/mol. The zero-order chi connectivity index (χ0) is 21.2. The predicted octanol–water partition coefficient (Wildman–Crippen LogP) is 2.80. The summed E-state index contributed by atoms with van der Waals surface area (Å²) >= 11 is 0. The number of nitrogens with one attached hydrogen (secondary N) is 1. The lowest BCUT2D eigenvalue weighted by Crippen LogP contribution is -2.58. The van der Waals surface area contributed by atoms with Crippen LogP contribution in [0.5, 0.6) is 0 Å². The quantitative estimate of drug-likeness (QED) is 0.382. The van der Waals surface area contributed by atoms with Crippen LogP contribution in [0.15, 0.2) is 48.5 Å². The van der Waals surface area contributed by atoms with Crippen LogP contribution in [-0.2, 0) is 27.1 Å². The predicted molar refractivity (Wildman–Crippen MR) is 102 cm³/mol. The summed E-state index contributed by atoms with van der Waals surface area (Å²) in [7, 11) is 0. The molecule has 0 aliphatic carbocycles. The van der Waals surface area contributed by atoms with E-state index in [4.69, 9.17) is 14.7 Å². The zero-order valence-corrected chi connectivity index (χ0v) is 16.0. The lowest BCUT2D eigenvalue weighted by Gasteiger charge is -2.45. The van der Waals surface area contributed by atoms with Gasteiger partial charge in [-0.2, -0.15) is 0 Å². The monoisotopic (exact) mass is 402 g/mol. The standard InChI is InChI=1S/C20H22N2O7/c1-19(2)28-17(23)20(18(24)29-19,11-13-3-7-15(21-25)8-4-13)12-14-5-9-16(10-6-14)22(26)27/h3-10,17,21,23,25H,11-12H2,1-2H3. The van der Waals surface area contributed by atoms with Gasteiger partial charge in [0.25, 0.3) is 5.69 Å². The zero-order valence-electron chi connectivity index (χ0n) is 16.0. The molecule has 3 rings (SSSR count). The molecule has 3 N–H and O–H groups in total. The highest BCUT2D eigenvalue weighted by Crippen LogP contribution is 2.41. The van der Waals surface area contributed by atoms with Crippen LogP contribution in [0, 0.1) is 15.5 Å². The van der Waals surface area contributed by atoms with Crippen molar-refractivity contribution in [2.75, 3.05) is 5.48 Å². The van der Waals surface area contributed by atoms with Crippen molar-refractivity contribution >= 4 is 17.3 Å². The molecule has 1 saturated heterocycles. The Bertz CT molecular complexity index is 896. The van der Waals surface area contributed by atoms with E-state index in [0.717, 1.165) is 0 Å². The molecular formula is C20H22N2O7. The SMILES string of the molecule is CC1(C)OC(=O)C(Cc2ccc(NO)cc2)(Cc2ccc([N+](=O)[O-])cc2)C(O)O1. The summed E-state index contributed by atoms with van der Waals surface area (Å²) in [5, 5.41) is 30.7. The largest absolute Gasteiger partial charge is 0.433 e. The van der Waals surface area contributed by atoms with Crippen LogP contribution >= 0.6 is 0 Å². The number of anilines is 1. The van der Waals surface area contributed by atoms with Gasteiger partial charge in [0.15, 0.2) is 6.29 Å². The number of aliphatic hydroxyl groups is 1. The molecule has 1 aliphatic rings. The van der Waals surface area contributed by atoms with Gasteiger partial charge in [-0.1, -0.05) is 24.3 Å². The van der Waals surface area contributed by atoms with E-state index in [0.29, 0.717) is 16.8 Å². The topological polar surface area (TPSA) is 131 Å². The molecule has 0 spiro atoms. The average Bonchev–Trinajstić information content (AvgIpc) is 2.66. The second kappa shape index (κ2) is 7.78. The number of nitrogens with zero attached hydrogens (tertiary/aromatic N) is 1. The highest BCUT2D eigenvalue weighted by atomic mass is 16.8. The van der Waals surface area contributed by atoms with Gasteiger partial charge in [0.2, 0.25) is 5.79 Å². The second-order valence-corrected chi connectivity index (χ2v) is 7.50. The maximum atomic E-state index is 13.0. The fourth-order valence-corrected chi connectivity index (χ4v) is 3.37. The normalized spacial score (nSPS) is 23.3. The minimum atomic E-state index is -1.45. The summed E-state index contributed by atoms with van der Waals surface area (Å²) < 4.78 is 11.0. The van der Waals surface area contributed by atoms with E-state index >= 15 is 0 Å². The maximum absolute atomic E-state index is 13.0. The third-order valence-electron chi connectivity index (χ3n) is 4.88. The smallest absolute Gasteiger partial charge is 0.320 e. The number of carbonyl (C=O) groups is 1. The fourth-order valence-electron chi connectivity index (χ4n) is 3.37. The number of hydrogen-bond donors (Lipinski definition) is 3. The molecule has 0 bridgehead atoms. The van der Waals surface area contributed by atoms with Crippen molar-refractivity contribution in [3.05, 3.63) is 69.8 Å². The molecule has 0 aromatic heterocycles. The number of nitro groups is 1. The van der Waals surface area contributed by atoms with Crippen molar-refractivity contribution < 1.29 is 29.5 Å². The Morgan fingerprint density at radius 3 is 2.03 bits per heavy atom. The number of rotatable bonds is 6. The number of benzene rings is 2. The lowest BCUT2D eigenvalue weighted by molar-refractivity contribution is -0.384. The summed E-state index contributed by atoms with van der Waals surface area (Å²) in [6.07, 6.45) is -1.29. The molecule has 1 fully saturated rings. The molecule has 9 heteroatoms. The summed E-state index contributed by atoms with van der Waals surface area (Å²) in [6.45, 7) is 3.07.